The molecule has 0 fully saturated rings. The van der Waals surface area contributed by atoms with Gasteiger partial charge in [-0.25, -0.2) is 0 Å². The lowest BCUT2D eigenvalue weighted by atomic mass is 9.88. The number of hydrogen-bond donors (Lipinski definition) is 0. The molecule has 10 bridgehead atoms. The highest BCUT2D eigenvalue weighted by Crippen LogP contribution is 2.37. The lowest BCUT2D eigenvalue weighted by molar-refractivity contribution is 0.396. The van der Waals surface area contributed by atoms with Crippen molar-refractivity contribution in [2.75, 3.05) is 33.8 Å². The lowest BCUT2D eigenvalue weighted by Gasteiger charge is -2.18. The van der Waals surface area contributed by atoms with Crippen LogP contribution in [0.15, 0.2) is 60.7 Å². The smallest absolute Gasteiger partial charge is 0.180 e. The summed E-state index contributed by atoms with van der Waals surface area (Å²) in [5.41, 5.74) is 8.44. The lowest BCUT2D eigenvalue weighted by Crippen LogP contribution is -2.05. The second-order valence-electron chi connectivity index (χ2n) is 13.4. The van der Waals surface area contributed by atoms with E-state index in [1.807, 2.05) is 24.3 Å². The molecule has 0 saturated heterocycles. The molecule has 0 unspecified atom stereocenters. The number of hydrogen-bond acceptors (Lipinski definition) is 10. The number of alkyl halides is 5. The van der Waals surface area contributed by atoms with E-state index in [0.29, 0.717) is 112 Å². The zero-order valence-corrected chi connectivity index (χ0v) is 37.6. The Labute approximate surface area is 385 Å². The monoisotopic (exact) mass is 922 g/mol. The molecule has 0 aromatic heterocycles. The van der Waals surface area contributed by atoms with Gasteiger partial charge >= 0.3 is 0 Å². The van der Waals surface area contributed by atoms with Crippen LogP contribution in [0.2, 0.25) is 0 Å². The molecule has 5 aromatic carbocycles. The van der Waals surface area contributed by atoms with Crippen LogP contribution in [-0.4, -0.2) is 38.1 Å². The minimum Gasteiger partial charge on any atom is -0.496 e. The number of ether oxygens (including phenoxy) is 4. The van der Waals surface area contributed by atoms with E-state index < -0.39 is 4.30 Å². The van der Waals surface area contributed by atoms with Crippen molar-refractivity contribution < 1.29 is 18.9 Å². The van der Waals surface area contributed by atoms with Gasteiger partial charge in [0.15, 0.2) is 4.30 Å². The van der Waals surface area contributed by atoms with E-state index >= 15 is 0 Å². The molecule has 10 nitrogen and oxygen atoms in total. The van der Waals surface area contributed by atoms with Crippen molar-refractivity contribution in [3.8, 4) is 59.4 Å². The molecule has 10 aliphatic rings. The minimum atomic E-state index is -0.750. The summed E-state index contributed by atoms with van der Waals surface area (Å²) in [5, 5.41) is 62.0. The first-order chi connectivity index (χ1) is 29.9. The summed E-state index contributed by atoms with van der Waals surface area (Å²) in [7, 11) is 6.15. The number of methoxy groups -OCH3 is 4. The number of nitrogens with zero attached hydrogens (tertiary/aromatic N) is 6. The minimum absolute atomic E-state index is 0.141. The molecular formula is C47H35Cl5N6O4. The summed E-state index contributed by atoms with van der Waals surface area (Å²) >= 11 is 23.9. The van der Waals surface area contributed by atoms with Crippen LogP contribution in [0.3, 0.4) is 0 Å². The van der Waals surface area contributed by atoms with Crippen molar-refractivity contribution >= 4 is 58.0 Å². The molecule has 0 N–H and O–H groups in total. The number of benzene rings is 5. The second-order valence-corrected chi connectivity index (χ2v) is 16.1. The molecule has 312 valence electrons. The van der Waals surface area contributed by atoms with Crippen molar-refractivity contribution in [2.24, 2.45) is 0 Å². The molecule has 0 aliphatic heterocycles. The number of rotatable bonds is 4. The quantitative estimate of drug-likeness (QED) is 0.154. The van der Waals surface area contributed by atoms with E-state index in [1.165, 1.54) is 28.4 Å². The van der Waals surface area contributed by atoms with Gasteiger partial charge in [0.05, 0.1) is 104 Å². The Morgan fingerprint density at radius 1 is 0.371 bits per heavy atom. The Kier molecular flexibility index (Phi) is 18.0. The second kappa shape index (κ2) is 23.1. The van der Waals surface area contributed by atoms with Gasteiger partial charge in [-0.2, -0.15) is 31.6 Å². The summed E-state index contributed by atoms with van der Waals surface area (Å²) in [5.74, 6) is 2.05. The van der Waals surface area contributed by atoms with Crippen molar-refractivity contribution in [2.45, 2.75) is 36.4 Å². The van der Waals surface area contributed by atoms with Crippen LogP contribution in [0, 0.1) is 68.0 Å². The normalized spacial score (nSPS) is 11.1. The van der Waals surface area contributed by atoms with E-state index in [9.17, 15) is 31.6 Å². The van der Waals surface area contributed by atoms with Gasteiger partial charge in [0, 0.05) is 54.4 Å². The Bertz CT molecular complexity index is 2570. The third-order valence-electron chi connectivity index (χ3n) is 9.98. The Morgan fingerprint density at radius 2 is 0.516 bits per heavy atom. The van der Waals surface area contributed by atoms with Crippen LogP contribution in [0.5, 0.6) is 23.0 Å². The van der Waals surface area contributed by atoms with Crippen LogP contribution >= 0.6 is 58.0 Å². The molecule has 5 aromatic rings. The first kappa shape index (κ1) is 48.4. The molecule has 0 radical (unpaired) electrons. The van der Waals surface area contributed by atoms with E-state index in [1.54, 1.807) is 36.4 Å². The standard InChI is InChI=1S/C45H32N6O4.CHCl3.CH2Cl2/c1-52-42-18-34-8-30-14-41(25-51)31(15-40(30)24-50)9-35-19-43(53-2)33(17-45(35)55-4)7-29-13-37(21-47)27(11-39(29)23-49)5-26-10-38(22-48)28(12-36(26)20-46)6-32(42)16-44(34)54-3;2-1(3)4;2-1-3/h10-19H,5-9H2,1-4H3;1H;1H2. The van der Waals surface area contributed by atoms with E-state index in [4.69, 9.17) is 77.0 Å². The summed E-state index contributed by atoms with van der Waals surface area (Å²) in [6, 6.07) is 31.0. The fraction of sp³-hybridized carbons (Fsp3) is 0.234. The van der Waals surface area contributed by atoms with Gasteiger partial charge in [-0.05, 0) is 94.0 Å². The Hall–Kier alpha value is -6.31. The molecule has 0 amide bonds. The summed E-state index contributed by atoms with van der Waals surface area (Å²) in [6.07, 6.45) is 1.13. The molecule has 0 saturated carbocycles. The maximum absolute atomic E-state index is 10.3. The van der Waals surface area contributed by atoms with Crippen LogP contribution in [-0.2, 0) is 32.1 Å². The van der Waals surface area contributed by atoms with Crippen molar-refractivity contribution in [1.82, 2.24) is 0 Å². The van der Waals surface area contributed by atoms with Gasteiger partial charge in [0.25, 0.3) is 0 Å². The zero-order valence-electron chi connectivity index (χ0n) is 33.8. The van der Waals surface area contributed by atoms with Gasteiger partial charge < -0.3 is 18.9 Å². The van der Waals surface area contributed by atoms with Gasteiger partial charge in [0.2, 0.25) is 0 Å². The van der Waals surface area contributed by atoms with Crippen molar-refractivity contribution in [3.63, 3.8) is 0 Å². The maximum Gasteiger partial charge on any atom is 0.180 e. The van der Waals surface area contributed by atoms with Crippen LogP contribution in [0.1, 0.15) is 89.0 Å². The van der Waals surface area contributed by atoms with E-state index in [-0.39, 0.29) is 37.4 Å². The molecule has 0 atom stereocenters. The molecule has 0 spiro atoms. The fourth-order valence-corrected chi connectivity index (χ4v) is 7.20. The first-order valence-electron chi connectivity index (χ1n) is 18.3. The van der Waals surface area contributed by atoms with Crippen LogP contribution in [0.4, 0.5) is 0 Å². The molecule has 10 aliphatic carbocycles. The average molecular weight is 925 g/mol. The Morgan fingerprint density at radius 3 is 0.645 bits per heavy atom. The van der Waals surface area contributed by atoms with E-state index in [0.717, 1.165) is 0 Å². The summed E-state index contributed by atoms with van der Waals surface area (Å²) in [4.78, 5) is 0. The SMILES string of the molecule is COc1cc2c(OC)cc1Cc1cc(C#N)c(cc1C#N)Cc1cc(C#N)c(cc1C#N)Cc1cc(OC)c(cc1OC)Cc1cc(C#N)c(cc1C#N)C2.ClC(Cl)Cl.ClCCl. The largest absolute Gasteiger partial charge is 0.496 e. The number of nitriles is 6. The maximum atomic E-state index is 10.3. The molecule has 15 rings (SSSR count). The third kappa shape index (κ3) is 11.5. The third-order valence-corrected chi connectivity index (χ3v) is 9.98. The Balaban J connectivity index is 0.00000113. The topological polar surface area (TPSA) is 180 Å². The van der Waals surface area contributed by atoms with E-state index in [2.05, 4.69) is 36.4 Å². The van der Waals surface area contributed by atoms with Gasteiger partial charge in [-0.3, -0.25) is 0 Å². The predicted octanol–water partition coefficient (Wildman–Crippen LogP) is 10.6. The van der Waals surface area contributed by atoms with Crippen LogP contribution < -0.4 is 18.9 Å². The fourth-order valence-electron chi connectivity index (χ4n) is 7.20. The average Bonchev–Trinajstić information content (AvgIpc) is 3.27. The highest BCUT2D eigenvalue weighted by molar-refractivity contribution is 6.63. The zero-order chi connectivity index (χ0) is 45.5. The van der Waals surface area contributed by atoms with Crippen molar-refractivity contribution in [3.05, 3.63) is 150 Å². The highest BCUT2D eigenvalue weighted by Gasteiger charge is 2.22. The number of halogens is 5. The first-order valence-corrected chi connectivity index (χ1v) is 20.7. The predicted molar refractivity (Wildman–Crippen MR) is 239 cm³/mol. The molecular weight excluding hydrogens is 890 g/mol. The van der Waals surface area contributed by atoms with Gasteiger partial charge in [-0.1, -0.05) is 34.8 Å². The van der Waals surface area contributed by atoms with Gasteiger partial charge in [-0.15, -0.1) is 23.2 Å². The van der Waals surface area contributed by atoms with Gasteiger partial charge in [0.1, 0.15) is 23.0 Å². The highest BCUT2D eigenvalue weighted by atomic mass is 35.6. The molecule has 15 heteroatoms. The molecule has 62 heavy (non-hydrogen) atoms. The summed E-state index contributed by atoms with van der Waals surface area (Å²) < 4.78 is 22.5. The summed E-state index contributed by atoms with van der Waals surface area (Å²) in [6.45, 7) is 0. The van der Waals surface area contributed by atoms with Crippen molar-refractivity contribution in [1.29, 1.82) is 31.6 Å². The molecule has 0 heterocycles. The van der Waals surface area contributed by atoms with Crippen LogP contribution in [0.25, 0.3) is 0 Å².